The molecular weight excluding hydrogens is 240 g/mol. The van der Waals surface area contributed by atoms with Crippen molar-refractivity contribution in [3.8, 4) is 0 Å². The lowest BCUT2D eigenvalue weighted by Gasteiger charge is -2.33. The molecule has 0 aromatic carbocycles. The third-order valence-electron chi connectivity index (χ3n) is 3.60. The van der Waals surface area contributed by atoms with Gasteiger partial charge in [0.1, 0.15) is 0 Å². The van der Waals surface area contributed by atoms with Crippen LogP contribution in [0.1, 0.15) is 39.0 Å². The highest BCUT2D eigenvalue weighted by molar-refractivity contribution is 5.78. The molecule has 4 heteroatoms. The maximum Gasteiger partial charge on any atom is 0.224 e. The number of nitrogens with zero attached hydrogens (tertiary/aromatic N) is 1. The van der Waals surface area contributed by atoms with E-state index in [1.54, 1.807) is 0 Å². The monoisotopic (exact) mass is 268 g/mol. The number of β-amino-alcohol motifs (C(OH)–C–C–N with tert-alkyl or cyclic N) is 1. The molecule has 2 unspecified atom stereocenters. The number of nitrogens with one attached hydrogen (secondary N) is 1. The first-order chi connectivity index (χ1) is 9.17. The second-order valence-electron chi connectivity index (χ2n) is 5.41. The Balaban J connectivity index is 2.32. The van der Waals surface area contributed by atoms with Crippen molar-refractivity contribution in [2.75, 3.05) is 26.2 Å². The summed E-state index contributed by atoms with van der Waals surface area (Å²) in [4.78, 5) is 14.2. The van der Waals surface area contributed by atoms with Gasteiger partial charge < -0.3 is 10.4 Å². The van der Waals surface area contributed by atoms with E-state index in [-0.39, 0.29) is 17.9 Å². The van der Waals surface area contributed by atoms with E-state index in [0.717, 1.165) is 51.7 Å². The Bertz CT molecular complexity index is 281. The second kappa shape index (κ2) is 9.10. The Labute approximate surface area is 116 Å². The van der Waals surface area contributed by atoms with E-state index in [1.807, 2.05) is 6.08 Å². The lowest BCUT2D eigenvalue weighted by Crippen LogP contribution is -2.45. The van der Waals surface area contributed by atoms with Crippen LogP contribution >= 0.6 is 0 Å². The normalized spacial score (nSPS) is 21.9. The van der Waals surface area contributed by atoms with Crippen LogP contribution in [-0.2, 0) is 4.79 Å². The average molecular weight is 268 g/mol. The van der Waals surface area contributed by atoms with Crippen LogP contribution in [0, 0.1) is 5.92 Å². The summed E-state index contributed by atoms with van der Waals surface area (Å²) < 4.78 is 0. The van der Waals surface area contributed by atoms with Gasteiger partial charge in [0.25, 0.3) is 0 Å². The number of aliphatic hydroxyl groups excluding tert-OH is 1. The van der Waals surface area contributed by atoms with Crippen molar-refractivity contribution in [1.82, 2.24) is 10.2 Å². The maximum atomic E-state index is 11.9. The summed E-state index contributed by atoms with van der Waals surface area (Å²) in [6.07, 6.45) is 6.11. The highest BCUT2D eigenvalue weighted by Gasteiger charge is 2.26. The minimum atomic E-state index is -0.310. The summed E-state index contributed by atoms with van der Waals surface area (Å²) in [5.41, 5.74) is 0. The zero-order valence-electron chi connectivity index (χ0n) is 12.1. The van der Waals surface area contributed by atoms with Gasteiger partial charge in [-0.15, -0.1) is 6.58 Å². The summed E-state index contributed by atoms with van der Waals surface area (Å²) in [7, 11) is 0. The molecule has 0 saturated carbocycles. The van der Waals surface area contributed by atoms with Crippen LogP contribution in [0.5, 0.6) is 0 Å². The van der Waals surface area contributed by atoms with Crippen LogP contribution in [0.25, 0.3) is 0 Å². The minimum Gasteiger partial charge on any atom is -0.392 e. The number of likely N-dealkylation sites (tertiary alicyclic amines) is 1. The fourth-order valence-corrected chi connectivity index (χ4v) is 2.53. The first-order valence-electron chi connectivity index (χ1n) is 7.46. The summed E-state index contributed by atoms with van der Waals surface area (Å²) in [5.74, 6) is 0.263. The Kier molecular flexibility index (Phi) is 7.75. The largest absolute Gasteiger partial charge is 0.392 e. The van der Waals surface area contributed by atoms with Gasteiger partial charge in [-0.05, 0) is 38.6 Å². The predicted molar refractivity (Wildman–Crippen MR) is 77.9 cm³/mol. The Morgan fingerprint density at radius 1 is 1.63 bits per heavy atom. The van der Waals surface area contributed by atoms with Crippen molar-refractivity contribution in [3.05, 3.63) is 12.7 Å². The number of hydrogen-bond acceptors (Lipinski definition) is 3. The number of carbonyl (C=O) groups excluding carboxylic acids is 1. The quantitative estimate of drug-likeness (QED) is 0.657. The Hall–Kier alpha value is -0.870. The Morgan fingerprint density at radius 2 is 2.42 bits per heavy atom. The van der Waals surface area contributed by atoms with Crippen LogP contribution in [0.2, 0.25) is 0 Å². The van der Waals surface area contributed by atoms with Gasteiger partial charge in [0.15, 0.2) is 0 Å². The Morgan fingerprint density at radius 3 is 3.11 bits per heavy atom. The fraction of sp³-hybridized carbons (Fsp3) is 0.800. The molecule has 0 spiro atoms. The molecule has 1 saturated heterocycles. The number of rotatable bonds is 8. The van der Waals surface area contributed by atoms with E-state index in [1.165, 1.54) is 0 Å². The number of hydrogen-bond donors (Lipinski definition) is 2. The van der Waals surface area contributed by atoms with Crippen LogP contribution in [0.15, 0.2) is 12.7 Å². The van der Waals surface area contributed by atoms with E-state index in [4.69, 9.17) is 0 Å². The van der Waals surface area contributed by atoms with Gasteiger partial charge in [-0.1, -0.05) is 13.0 Å². The van der Waals surface area contributed by atoms with Crippen molar-refractivity contribution in [3.63, 3.8) is 0 Å². The second-order valence-corrected chi connectivity index (χ2v) is 5.41. The maximum absolute atomic E-state index is 11.9. The van der Waals surface area contributed by atoms with Crippen molar-refractivity contribution < 1.29 is 9.90 Å². The summed E-state index contributed by atoms with van der Waals surface area (Å²) in [5, 5.41) is 12.9. The van der Waals surface area contributed by atoms with Crippen molar-refractivity contribution in [2.24, 2.45) is 5.92 Å². The summed E-state index contributed by atoms with van der Waals surface area (Å²) in [6, 6.07) is 0. The molecule has 0 aromatic rings. The molecule has 110 valence electrons. The molecule has 4 nitrogen and oxygen atoms in total. The lowest BCUT2D eigenvalue weighted by atomic mass is 9.96. The van der Waals surface area contributed by atoms with E-state index in [2.05, 4.69) is 23.7 Å². The summed E-state index contributed by atoms with van der Waals surface area (Å²) >= 11 is 0. The SMILES string of the molecule is C=CCCC(O)CN1CCCC(C(=O)NCCC)C1. The standard InChI is InChI=1S/C15H28N2O2/c1-3-5-8-14(18)12-17-10-6-7-13(11-17)15(19)16-9-4-2/h3,13-14,18H,1,4-12H2,2H3,(H,16,19). The van der Waals surface area contributed by atoms with E-state index < -0.39 is 0 Å². The third kappa shape index (κ3) is 6.21. The van der Waals surface area contributed by atoms with E-state index in [0.29, 0.717) is 6.54 Å². The van der Waals surface area contributed by atoms with Crippen LogP contribution in [0.4, 0.5) is 0 Å². The third-order valence-corrected chi connectivity index (χ3v) is 3.60. The van der Waals surface area contributed by atoms with Gasteiger partial charge in [0, 0.05) is 19.6 Å². The molecular formula is C15H28N2O2. The van der Waals surface area contributed by atoms with Gasteiger partial charge in [0.05, 0.1) is 12.0 Å². The topological polar surface area (TPSA) is 52.6 Å². The first kappa shape index (κ1) is 16.2. The molecule has 1 aliphatic heterocycles. The molecule has 1 amide bonds. The number of piperidine rings is 1. The molecule has 1 rings (SSSR count). The first-order valence-corrected chi connectivity index (χ1v) is 7.46. The highest BCUT2D eigenvalue weighted by Crippen LogP contribution is 2.17. The lowest BCUT2D eigenvalue weighted by molar-refractivity contribution is -0.126. The predicted octanol–water partition coefficient (Wildman–Crippen LogP) is 1.55. The fourth-order valence-electron chi connectivity index (χ4n) is 2.53. The minimum absolute atomic E-state index is 0.0897. The molecule has 19 heavy (non-hydrogen) atoms. The molecule has 2 atom stereocenters. The summed E-state index contributed by atoms with van der Waals surface area (Å²) in [6.45, 7) is 8.93. The zero-order valence-corrected chi connectivity index (χ0v) is 12.1. The molecule has 1 fully saturated rings. The molecule has 0 bridgehead atoms. The molecule has 1 heterocycles. The van der Waals surface area contributed by atoms with Crippen molar-refractivity contribution in [1.29, 1.82) is 0 Å². The molecule has 0 radical (unpaired) electrons. The molecule has 0 aromatic heterocycles. The molecule has 0 aliphatic carbocycles. The number of aliphatic hydroxyl groups is 1. The van der Waals surface area contributed by atoms with Crippen molar-refractivity contribution in [2.45, 2.75) is 45.1 Å². The average Bonchev–Trinajstić information content (AvgIpc) is 2.42. The van der Waals surface area contributed by atoms with Crippen LogP contribution in [0.3, 0.4) is 0 Å². The van der Waals surface area contributed by atoms with E-state index >= 15 is 0 Å². The highest BCUT2D eigenvalue weighted by atomic mass is 16.3. The van der Waals surface area contributed by atoms with Crippen molar-refractivity contribution >= 4 is 5.91 Å². The molecule has 2 N–H and O–H groups in total. The van der Waals surface area contributed by atoms with E-state index in [9.17, 15) is 9.90 Å². The molecule has 1 aliphatic rings. The van der Waals surface area contributed by atoms with Gasteiger partial charge in [0.2, 0.25) is 5.91 Å². The number of amides is 1. The van der Waals surface area contributed by atoms with Gasteiger partial charge >= 0.3 is 0 Å². The van der Waals surface area contributed by atoms with Crippen LogP contribution in [-0.4, -0.2) is 48.2 Å². The van der Waals surface area contributed by atoms with Gasteiger partial charge in [-0.3, -0.25) is 9.69 Å². The van der Waals surface area contributed by atoms with Gasteiger partial charge in [-0.2, -0.15) is 0 Å². The number of allylic oxidation sites excluding steroid dienone is 1. The smallest absolute Gasteiger partial charge is 0.224 e. The zero-order chi connectivity index (χ0) is 14.1. The van der Waals surface area contributed by atoms with Crippen LogP contribution < -0.4 is 5.32 Å². The van der Waals surface area contributed by atoms with Gasteiger partial charge in [-0.25, -0.2) is 0 Å². The number of carbonyl (C=O) groups is 1.